The predicted octanol–water partition coefficient (Wildman–Crippen LogP) is 9.43. The second-order valence-corrected chi connectivity index (χ2v) is 19.0. The van der Waals surface area contributed by atoms with Gasteiger partial charge >= 0.3 is 5.97 Å². The molecule has 4 fully saturated rings. The lowest BCUT2D eigenvalue weighted by atomic mass is 9.39. The maximum absolute atomic E-state index is 12.9. The summed E-state index contributed by atoms with van der Waals surface area (Å²) < 4.78 is 15.4. The molecule has 1 aromatic carbocycles. The Labute approximate surface area is 332 Å². The number of aromatic nitrogens is 6. The highest BCUT2D eigenvalue weighted by Gasteiger charge is 2.66. The summed E-state index contributed by atoms with van der Waals surface area (Å²) in [6, 6.07) is 9.64. The molecule has 2 unspecified atom stereocenters. The van der Waals surface area contributed by atoms with Crippen LogP contribution in [0, 0.1) is 30.1 Å². The Morgan fingerprint density at radius 3 is 2.55 bits per heavy atom. The van der Waals surface area contributed by atoms with Gasteiger partial charge in [-0.25, -0.2) is 14.8 Å². The fourth-order valence-corrected chi connectivity index (χ4v) is 12.7. The highest BCUT2D eigenvalue weighted by Crippen LogP contribution is 2.72. The van der Waals surface area contributed by atoms with Crippen LogP contribution in [-0.2, 0) is 17.7 Å². The number of benzene rings is 1. The number of rotatable bonds is 12. The average molecular weight is 777 g/mol. The molecule has 5 aliphatic rings. The summed E-state index contributed by atoms with van der Waals surface area (Å²) in [5.41, 5.74) is 5.78. The molecule has 2 atom stereocenters. The van der Waals surface area contributed by atoms with Gasteiger partial charge in [-0.2, -0.15) is 5.10 Å². The number of methoxy groups -OCH3 is 1. The molecule has 13 heteroatoms. The van der Waals surface area contributed by atoms with Crippen LogP contribution in [-0.4, -0.2) is 66.9 Å². The number of anilines is 4. The van der Waals surface area contributed by atoms with Gasteiger partial charge in [0.05, 0.1) is 29.1 Å². The van der Waals surface area contributed by atoms with Crippen molar-refractivity contribution >= 4 is 50.1 Å². The summed E-state index contributed by atoms with van der Waals surface area (Å²) in [5.74, 6) is 1.57. The van der Waals surface area contributed by atoms with E-state index in [0.29, 0.717) is 29.6 Å². The maximum atomic E-state index is 12.9. The van der Waals surface area contributed by atoms with Gasteiger partial charge < -0.3 is 24.8 Å². The van der Waals surface area contributed by atoms with Gasteiger partial charge in [0.25, 0.3) is 0 Å². The second kappa shape index (κ2) is 13.5. The number of fused-ring (bicyclic) bond motifs is 2. The zero-order valence-electron chi connectivity index (χ0n) is 33.4. The van der Waals surface area contributed by atoms with Crippen LogP contribution in [0.4, 0.5) is 22.6 Å². The summed E-state index contributed by atoms with van der Waals surface area (Å²) >= 11 is 1.54. The molecule has 0 radical (unpaired) electrons. The molecule has 56 heavy (non-hydrogen) atoms. The summed E-state index contributed by atoms with van der Waals surface area (Å²) in [7, 11) is 1.65. The van der Waals surface area contributed by atoms with Crippen molar-refractivity contribution < 1.29 is 19.4 Å². The molecule has 12 nitrogen and oxygen atoms in total. The Kier molecular flexibility index (Phi) is 8.92. The van der Waals surface area contributed by atoms with Crippen LogP contribution in [0.3, 0.4) is 0 Å². The number of carbonyl (C=O) groups is 1. The SMILES string of the molecule is CCCCOC12CC3(C)CC(C)(CC(Cn4ncc(-c5ccc(N6CCCc7c6nnc(Nc6nc8cc(OC)ccc8s6)c7C)nc5C(=O)O)c4C)(C3)C1)C2. The van der Waals surface area contributed by atoms with Crippen molar-refractivity contribution in [3.8, 4) is 16.9 Å². The molecule has 10 rings (SSSR count). The van der Waals surface area contributed by atoms with E-state index in [1.807, 2.05) is 48.4 Å². The topological polar surface area (TPSA) is 140 Å². The molecule has 2 N–H and O–H groups in total. The number of thiazole rings is 1. The van der Waals surface area contributed by atoms with E-state index in [2.05, 4.69) is 47.9 Å². The van der Waals surface area contributed by atoms with Crippen molar-refractivity contribution in [3.63, 3.8) is 0 Å². The third-order valence-corrected chi connectivity index (χ3v) is 14.0. The predicted molar refractivity (Wildman–Crippen MR) is 219 cm³/mol. The van der Waals surface area contributed by atoms with Gasteiger partial charge in [0, 0.05) is 53.7 Å². The third-order valence-electron chi connectivity index (χ3n) is 13.0. The maximum Gasteiger partial charge on any atom is 0.355 e. The van der Waals surface area contributed by atoms with E-state index in [1.165, 1.54) is 19.3 Å². The summed E-state index contributed by atoms with van der Waals surface area (Å²) in [6.45, 7) is 13.6. The van der Waals surface area contributed by atoms with Crippen molar-refractivity contribution in [2.24, 2.45) is 16.2 Å². The largest absolute Gasteiger partial charge is 0.497 e. The van der Waals surface area contributed by atoms with Crippen molar-refractivity contribution in [1.82, 2.24) is 29.9 Å². The second-order valence-electron chi connectivity index (χ2n) is 17.9. The first-order valence-corrected chi connectivity index (χ1v) is 20.9. The van der Waals surface area contributed by atoms with Gasteiger partial charge in [0.2, 0.25) is 0 Å². The highest BCUT2D eigenvalue weighted by atomic mass is 32.1. The summed E-state index contributed by atoms with van der Waals surface area (Å²) in [5, 5.41) is 28.9. The first-order valence-electron chi connectivity index (χ1n) is 20.1. The lowest BCUT2D eigenvalue weighted by Crippen LogP contribution is -2.64. The fraction of sp³-hybridized carbons (Fsp3) is 0.535. The lowest BCUT2D eigenvalue weighted by molar-refractivity contribution is -0.248. The normalized spacial score (nSPS) is 26.5. The summed E-state index contributed by atoms with van der Waals surface area (Å²) in [4.78, 5) is 24.4. The molecular weight excluding hydrogens is 725 g/mol. The number of carboxylic acid groups (broad SMARTS) is 1. The molecule has 0 amide bonds. The summed E-state index contributed by atoms with van der Waals surface area (Å²) in [6.07, 6.45) is 12.7. The van der Waals surface area contributed by atoms with Crippen molar-refractivity contribution in [3.05, 3.63) is 59.0 Å². The van der Waals surface area contributed by atoms with Crippen LogP contribution in [0.15, 0.2) is 36.5 Å². The Morgan fingerprint density at radius 2 is 1.80 bits per heavy atom. The molecule has 0 spiro atoms. The van der Waals surface area contributed by atoms with Crippen molar-refractivity contribution in [1.29, 1.82) is 0 Å². The standard InChI is InChI=1S/C43H52N8O4S/c1-7-8-16-55-43-22-40(4)19-41(5,23-43)21-42(20-40,24-43)25-51-27(3)31(18-44-51)30-12-14-34(46-35(30)38(52)53)50-15-9-10-29-26(2)36(48-49-37(29)50)47-39-45-32-17-28(54-6)11-13-33(32)56-39/h11-14,17-18H,7-10,15-16,19-25H2,1-6H3,(H,52,53)(H,45,47,48). The Morgan fingerprint density at radius 1 is 1.00 bits per heavy atom. The molecule has 1 aliphatic heterocycles. The minimum absolute atomic E-state index is 0.00538. The van der Waals surface area contributed by atoms with E-state index in [4.69, 9.17) is 24.5 Å². The highest BCUT2D eigenvalue weighted by molar-refractivity contribution is 7.22. The molecule has 4 aliphatic carbocycles. The Balaban J connectivity index is 0.982. The number of unbranched alkanes of at least 4 members (excludes halogenated alkanes) is 1. The zero-order valence-corrected chi connectivity index (χ0v) is 34.2. The fourth-order valence-electron chi connectivity index (χ4n) is 11.9. The van der Waals surface area contributed by atoms with Crippen LogP contribution in [0.25, 0.3) is 21.3 Å². The van der Waals surface area contributed by atoms with E-state index in [9.17, 15) is 9.90 Å². The van der Waals surface area contributed by atoms with E-state index in [-0.39, 0.29) is 27.5 Å². The Bertz CT molecular complexity index is 2340. The van der Waals surface area contributed by atoms with E-state index >= 15 is 0 Å². The number of aromatic carboxylic acids is 1. The lowest BCUT2D eigenvalue weighted by Gasteiger charge is -2.69. The monoisotopic (exact) mass is 776 g/mol. The molecular formula is C43H52N8O4S. The Hall–Kier alpha value is -4.62. The van der Waals surface area contributed by atoms with Crippen LogP contribution >= 0.6 is 11.3 Å². The number of nitrogens with zero attached hydrogens (tertiary/aromatic N) is 7. The first-order chi connectivity index (χ1) is 26.8. The third kappa shape index (κ3) is 6.40. The van der Waals surface area contributed by atoms with E-state index in [0.717, 1.165) is 102 Å². The van der Waals surface area contributed by atoms with Gasteiger partial charge in [-0.1, -0.05) is 38.5 Å². The molecule has 4 saturated carbocycles. The minimum Gasteiger partial charge on any atom is -0.497 e. The van der Waals surface area contributed by atoms with E-state index in [1.54, 1.807) is 18.4 Å². The van der Waals surface area contributed by atoms with Crippen LogP contribution < -0.4 is 15.0 Å². The van der Waals surface area contributed by atoms with Gasteiger partial charge in [-0.05, 0) is 112 Å². The average Bonchev–Trinajstić information content (AvgIpc) is 3.72. The molecule has 5 heterocycles. The van der Waals surface area contributed by atoms with Gasteiger partial charge in [0.1, 0.15) is 11.6 Å². The van der Waals surface area contributed by atoms with Crippen LogP contribution in [0.1, 0.15) is 106 Å². The molecule has 0 saturated heterocycles. The van der Waals surface area contributed by atoms with Crippen LogP contribution in [0.5, 0.6) is 5.75 Å². The number of carboxylic acids is 1. The van der Waals surface area contributed by atoms with E-state index < -0.39 is 5.97 Å². The quantitative estimate of drug-likeness (QED) is 0.117. The van der Waals surface area contributed by atoms with Crippen molar-refractivity contribution in [2.45, 2.75) is 111 Å². The van der Waals surface area contributed by atoms with Gasteiger partial charge in [-0.3, -0.25) is 4.68 Å². The number of nitrogens with one attached hydrogen (secondary N) is 1. The minimum atomic E-state index is -1.07. The number of hydrogen-bond acceptors (Lipinski definition) is 11. The van der Waals surface area contributed by atoms with Crippen molar-refractivity contribution in [2.75, 3.05) is 30.5 Å². The number of pyridine rings is 1. The number of ether oxygens (including phenoxy) is 2. The first kappa shape index (κ1) is 37.0. The zero-order chi connectivity index (χ0) is 39.0. The molecule has 294 valence electrons. The number of hydrogen-bond donors (Lipinski definition) is 2. The molecule has 4 bridgehead atoms. The van der Waals surface area contributed by atoms with Gasteiger partial charge in [-0.15, -0.1) is 10.2 Å². The van der Waals surface area contributed by atoms with Crippen LogP contribution in [0.2, 0.25) is 0 Å². The molecule has 5 aromatic rings. The smallest absolute Gasteiger partial charge is 0.355 e. The van der Waals surface area contributed by atoms with Gasteiger partial charge in [0.15, 0.2) is 22.5 Å². The molecule has 4 aromatic heterocycles.